The summed E-state index contributed by atoms with van der Waals surface area (Å²) in [6.45, 7) is 5.81. The Morgan fingerprint density at radius 2 is 1.95 bits per heavy atom. The summed E-state index contributed by atoms with van der Waals surface area (Å²) in [5.74, 6) is 2.31. The zero-order valence-electron chi connectivity index (χ0n) is 11.5. The number of nitrogens with one attached hydrogen (secondary N) is 1. The fraction of sp³-hybridized carbons (Fsp3) is 0.714. The van der Waals surface area contributed by atoms with Crippen LogP contribution in [-0.2, 0) is 4.74 Å². The van der Waals surface area contributed by atoms with Gasteiger partial charge in [-0.25, -0.2) is 9.97 Å². The van der Waals surface area contributed by atoms with Crippen molar-refractivity contribution in [3.8, 4) is 0 Å². The van der Waals surface area contributed by atoms with E-state index < -0.39 is 0 Å². The molecule has 0 atom stereocenters. The Hall–Kier alpha value is -0.870. The minimum Gasteiger partial charge on any atom is -0.381 e. The smallest absolute Gasteiger partial charge is 0.137 e. The lowest BCUT2D eigenvalue weighted by molar-refractivity contribution is 0.0657. The topological polar surface area (TPSA) is 47.0 Å². The Morgan fingerprint density at radius 3 is 2.58 bits per heavy atom. The second kappa shape index (κ2) is 4.91. The highest BCUT2D eigenvalue weighted by Crippen LogP contribution is 2.40. The molecule has 3 rings (SSSR count). The van der Waals surface area contributed by atoms with Crippen LogP contribution in [0.2, 0.25) is 5.15 Å². The van der Waals surface area contributed by atoms with Crippen molar-refractivity contribution in [2.24, 2.45) is 0 Å². The second-order valence-corrected chi connectivity index (χ2v) is 6.28. The molecule has 1 aliphatic carbocycles. The van der Waals surface area contributed by atoms with Crippen molar-refractivity contribution in [2.45, 2.75) is 51.0 Å². The van der Waals surface area contributed by atoms with Crippen LogP contribution in [0.3, 0.4) is 0 Å². The van der Waals surface area contributed by atoms with Crippen LogP contribution in [0.4, 0.5) is 5.82 Å². The number of hydrogen-bond acceptors (Lipinski definition) is 4. The van der Waals surface area contributed by atoms with E-state index in [1.54, 1.807) is 0 Å². The number of halogens is 1. The molecule has 1 saturated heterocycles. The van der Waals surface area contributed by atoms with E-state index in [4.69, 9.17) is 16.3 Å². The van der Waals surface area contributed by atoms with Gasteiger partial charge in [-0.3, -0.25) is 0 Å². The van der Waals surface area contributed by atoms with Gasteiger partial charge < -0.3 is 10.1 Å². The SMILES string of the molecule is Cc1c(Cl)nc(C2CC2)nc1NC1(C)CCOCC1. The van der Waals surface area contributed by atoms with Crippen LogP contribution in [0.1, 0.15) is 49.9 Å². The predicted molar refractivity (Wildman–Crippen MR) is 75.8 cm³/mol. The summed E-state index contributed by atoms with van der Waals surface area (Å²) in [7, 11) is 0. The van der Waals surface area contributed by atoms with Crippen LogP contribution in [0.25, 0.3) is 0 Å². The van der Waals surface area contributed by atoms with Crippen LogP contribution in [-0.4, -0.2) is 28.7 Å². The van der Waals surface area contributed by atoms with Gasteiger partial charge in [0.2, 0.25) is 0 Å². The van der Waals surface area contributed by atoms with E-state index in [1.165, 1.54) is 12.8 Å². The molecule has 0 radical (unpaired) electrons. The number of ether oxygens (including phenoxy) is 1. The molecule has 0 amide bonds. The average Bonchev–Trinajstić information content (AvgIpc) is 3.19. The van der Waals surface area contributed by atoms with Crippen molar-refractivity contribution >= 4 is 17.4 Å². The molecule has 104 valence electrons. The molecule has 0 aromatic carbocycles. The standard InChI is InChI=1S/C14H20ClN3O/c1-9-11(15)16-13(10-3-4-10)17-12(9)18-14(2)5-7-19-8-6-14/h10H,3-8H2,1-2H3,(H,16,17,18). The van der Waals surface area contributed by atoms with E-state index >= 15 is 0 Å². The monoisotopic (exact) mass is 281 g/mol. The third-order valence-electron chi connectivity index (χ3n) is 4.06. The maximum atomic E-state index is 6.24. The van der Waals surface area contributed by atoms with Gasteiger partial charge in [0.1, 0.15) is 16.8 Å². The fourth-order valence-electron chi connectivity index (χ4n) is 2.38. The van der Waals surface area contributed by atoms with E-state index in [0.29, 0.717) is 11.1 Å². The summed E-state index contributed by atoms with van der Waals surface area (Å²) >= 11 is 6.24. The second-order valence-electron chi connectivity index (χ2n) is 5.92. The normalized spacial score (nSPS) is 22.3. The maximum absolute atomic E-state index is 6.24. The van der Waals surface area contributed by atoms with Gasteiger partial charge in [-0.1, -0.05) is 11.6 Å². The third-order valence-corrected chi connectivity index (χ3v) is 4.43. The van der Waals surface area contributed by atoms with Gasteiger partial charge in [0, 0.05) is 30.2 Å². The highest BCUT2D eigenvalue weighted by Gasteiger charge is 2.31. The van der Waals surface area contributed by atoms with E-state index in [9.17, 15) is 0 Å². The number of aromatic nitrogens is 2. The quantitative estimate of drug-likeness (QED) is 0.864. The van der Waals surface area contributed by atoms with Crippen LogP contribution in [0, 0.1) is 6.92 Å². The molecular weight excluding hydrogens is 262 g/mol. The number of hydrogen-bond donors (Lipinski definition) is 1. The third kappa shape index (κ3) is 2.84. The Balaban J connectivity index is 1.86. The van der Waals surface area contributed by atoms with E-state index in [0.717, 1.165) is 43.3 Å². The van der Waals surface area contributed by atoms with Crippen molar-refractivity contribution in [1.29, 1.82) is 0 Å². The first kappa shape index (κ1) is 13.1. The summed E-state index contributed by atoms with van der Waals surface area (Å²) < 4.78 is 5.43. The van der Waals surface area contributed by atoms with Crippen LogP contribution in [0.15, 0.2) is 0 Å². The van der Waals surface area contributed by atoms with E-state index in [1.807, 2.05) is 6.92 Å². The maximum Gasteiger partial charge on any atom is 0.137 e. The molecule has 0 spiro atoms. The fourth-order valence-corrected chi connectivity index (χ4v) is 2.56. The molecule has 4 nitrogen and oxygen atoms in total. The highest BCUT2D eigenvalue weighted by atomic mass is 35.5. The Kier molecular flexibility index (Phi) is 3.39. The molecule has 1 saturated carbocycles. The first-order chi connectivity index (χ1) is 9.07. The van der Waals surface area contributed by atoms with Crippen LogP contribution in [0.5, 0.6) is 0 Å². The summed E-state index contributed by atoms with van der Waals surface area (Å²) in [6.07, 6.45) is 4.35. The highest BCUT2D eigenvalue weighted by molar-refractivity contribution is 6.30. The number of rotatable bonds is 3. The van der Waals surface area contributed by atoms with Gasteiger partial charge in [-0.05, 0) is 39.5 Å². The van der Waals surface area contributed by atoms with Gasteiger partial charge in [0.25, 0.3) is 0 Å². The first-order valence-electron chi connectivity index (χ1n) is 6.97. The number of anilines is 1. The minimum absolute atomic E-state index is 0.0432. The molecule has 2 aliphatic rings. The molecule has 5 heteroatoms. The molecule has 1 aromatic rings. The molecule has 2 fully saturated rings. The molecule has 1 N–H and O–H groups in total. The van der Waals surface area contributed by atoms with Gasteiger partial charge in [0.15, 0.2) is 0 Å². The van der Waals surface area contributed by atoms with Crippen LogP contribution >= 0.6 is 11.6 Å². The summed E-state index contributed by atoms with van der Waals surface area (Å²) in [5.41, 5.74) is 0.986. The van der Waals surface area contributed by atoms with Crippen molar-refractivity contribution in [1.82, 2.24) is 9.97 Å². The summed E-state index contributed by atoms with van der Waals surface area (Å²) in [4.78, 5) is 9.09. The molecular formula is C14H20ClN3O. The molecule has 0 bridgehead atoms. The van der Waals surface area contributed by atoms with Crippen molar-refractivity contribution < 1.29 is 4.74 Å². The lowest BCUT2D eigenvalue weighted by Crippen LogP contribution is -2.41. The molecule has 19 heavy (non-hydrogen) atoms. The van der Waals surface area contributed by atoms with Gasteiger partial charge >= 0.3 is 0 Å². The van der Waals surface area contributed by atoms with Crippen molar-refractivity contribution in [2.75, 3.05) is 18.5 Å². The first-order valence-corrected chi connectivity index (χ1v) is 7.35. The van der Waals surface area contributed by atoms with Crippen LogP contribution < -0.4 is 5.32 Å². The minimum atomic E-state index is 0.0432. The lowest BCUT2D eigenvalue weighted by atomic mass is 9.92. The Morgan fingerprint density at radius 1 is 1.26 bits per heavy atom. The van der Waals surface area contributed by atoms with E-state index in [-0.39, 0.29) is 5.54 Å². The van der Waals surface area contributed by atoms with Crippen molar-refractivity contribution in [3.05, 3.63) is 16.5 Å². The van der Waals surface area contributed by atoms with E-state index in [2.05, 4.69) is 22.2 Å². The average molecular weight is 282 g/mol. The molecule has 1 aromatic heterocycles. The molecule has 1 aliphatic heterocycles. The Bertz CT molecular complexity index is 482. The predicted octanol–water partition coefficient (Wildman–Crippen LogP) is 3.30. The van der Waals surface area contributed by atoms with Crippen molar-refractivity contribution in [3.63, 3.8) is 0 Å². The summed E-state index contributed by atoms with van der Waals surface area (Å²) in [5, 5.41) is 4.15. The number of nitrogens with zero attached hydrogens (tertiary/aromatic N) is 2. The zero-order chi connectivity index (χ0) is 13.5. The molecule has 0 unspecified atom stereocenters. The largest absolute Gasteiger partial charge is 0.381 e. The zero-order valence-corrected chi connectivity index (χ0v) is 12.3. The van der Waals surface area contributed by atoms with Gasteiger partial charge in [-0.2, -0.15) is 0 Å². The Labute approximate surface area is 118 Å². The lowest BCUT2D eigenvalue weighted by Gasteiger charge is -2.35. The van der Waals surface area contributed by atoms with Gasteiger partial charge in [-0.15, -0.1) is 0 Å². The summed E-state index contributed by atoms with van der Waals surface area (Å²) in [6, 6.07) is 0. The molecule has 2 heterocycles. The van der Waals surface area contributed by atoms with Gasteiger partial charge in [0.05, 0.1) is 0 Å².